The van der Waals surface area contributed by atoms with Gasteiger partial charge >= 0.3 is 0 Å². The molecule has 0 amide bonds. The number of rotatable bonds is 2. The normalized spacial score (nSPS) is 35.3. The second kappa shape index (κ2) is 5.34. The summed E-state index contributed by atoms with van der Waals surface area (Å²) in [7, 11) is 0. The minimum Gasteiger partial charge on any atom is -0.349 e. The first-order chi connectivity index (χ1) is 11.4. The fourth-order valence-electron chi connectivity index (χ4n) is 4.02. The molecule has 0 unspecified atom stereocenters. The Hall–Kier alpha value is -1.88. The van der Waals surface area contributed by atoms with Gasteiger partial charge < -0.3 is 9.47 Å². The molecule has 5 atom stereocenters. The van der Waals surface area contributed by atoms with E-state index < -0.39 is 0 Å². The van der Waals surface area contributed by atoms with Crippen LogP contribution in [-0.2, 0) is 14.3 Å². The summed E-state index contributed by atoms with van der Waals surface area (Å²) >= 11 is 0. The molecule has 23 heavy (non-hydrogen) atoms. The van der Waals surface area contributed by atoms with Crippen LogP contribution in [0.1, 0.15) is 18.0 Å². The van der Waals surface area contributed by atoms with Crippen molar-refractivity contribution >= 4 is 5.69 Å². The zero-order chi connectivity index (χ0) is 15.2. The van der Waals surface area contributed by atoms with Crippen LogP contribution >= 0.6 is 0 Å². The molecule has 2 aromatic rings. The molecule has 2 aromatic carbocycles. The molecule has 3 saturated heterocycles. The lowest BCUT2D eigenvalue weighted by Crippen LogP contribution is -2.39. The predicted octanol–water partition coefficient (Wildman–Crippen LogP) is 3.31. The van der Waals surface area contributed by atoms with E-state index >= 15 is 0 Å². The van der Waals surface area contributed by atoms with E-state index in [2.05, 4.69) is 41.5 Å². The van der Waals surface area contributed by atoms with Crippen LogP contribution < -0.4 is 5.06 Å². The van der Waals surface area contributed by atoms with Gasteiger partial charge in [-0.1, -0.05) is 48.5 Å². The number of anilines is 1. The molecule has 5 rings (SSSR count). The van der Waals surface area contributed by atoms with E-state index in [0.717, 1.165) is 12.1 Å². The van der Waals surface area contributed by atoms with E-state index in [-0.39, 0.29) is 30.5 Å². The first kappa shape index (κ1) is 13.5. The number of ether oxygens (including phenoxy) is 2. The molecule has 4 nitrogen and oxygen atoms in total. The Morgan fingerprint density at radius 3 is 2.43 bits per heavy atom. The molecule has 3 aliphatic heterocycles. The zero-order valence-electron chi connectivity index (χ0n) is 12.7. The van der Waals surface area contributed by atoms with Gasteiger partial charge in [-0.3, -0.25) is 4.84 Å². The van der Waals surface area contributed by atoms with Gasteiger partial charge in [0.15, 0.2) is 6.29 Å². The molecular formula is C19H19NO3. The van der Waals surface area contributed by atoms with Crippen molar-refractivity contribution in [1.29, 1.82) is 0 Å². The van der Waals surface area contributed by atoms with Gasteiger partial charge in [-0.25, -0.2) is 5.06 Å². The Bertz CT molecular complexity index is 678. The minimum absolute atomic E-state index is 0.104. The van der Waals surface area contributed by atoms with E-state index in [9.17, 15) is 0 Å². The van der Waals surface area contributed by atoms with Crippen molar-refractivity contribution in [3.8, 4) is 0 Å². The average Bonchev–Trinajstić information content (AvgIpc) is 3.19. The van der Waals surface area contributed by atoms with Gasteiger partial charge in [-0.2, -0.15) is 0 Å². The number of benzene rings is 2. The third-order valence-corrected chi connectivity index (χ3v) is 5.03. The fraction of sp³-hybridized carbons (Fsp3) is 0.368. The fourth-order valence-corrected chi connectivity index (χ4v) is 4.02. The lowest BCUT2D eigenvalue weighted by molar-refractivity contribution is -0.147. The van der Waals surface area contributed by atoms with Crippen LogP contribution in [0.4, 0.5) is 5.69 Å². The summed E-state index contributed by atoms with van der Waals surface area (Å²) in [6.07, 6.45) is 1.05. The highest BCUT2D eigenvalue weighted by Gasteiger charge is 2.55. The summed E-state index contributed by atoms with van der Waals surface area (Å²) in [5.41, 5.74) is 2.31. The van der Waals surface area contributed by atoms with E-state index in [4.69, 9.17) is 14.3 Å². The van der Waals surface area contributed by atoms with Crippen molar-refractivity contribution in [1.82, 2.24) is 0 Å². The largest absolute Gasteiger partial charge is 0.349 e. The van der Waals surface area contributed by atoms with Crippen molar-refractivity contribution in [3.05, 3.63) is 66.2 Å². The molecule has 0 aliphatic carbocycles. The maximum absolute atomic E-state index is 6.37. The highest BCUT2D eigenvalue weighted by molar-refractivity contribution is 5.48. The monoisotopic (exact) mass is 309 g/mol. The summed E-state index contributed by atoms with van der Waals surface area (Å²) in [6, 6.07) is 20.9. The van der Waals surface area contributed by atoms with Crippen LogP contribution in [0.3, 0.4) is 0 Å². The van der Waals surface area contributed by atoms with Crippen molar-refractivity contribution in [2.75, 3.05) is 11.7 Å². The van der Waals surface area contributed by atoms with E-state index in [0.29, 0.717) is 6.61 Å². The zero-order valence-corrected chi connectivity index (χ0v) is 12.7. The van der Waals surface area contributed by atoms with Crippen LogP contribution in [0.5, 0.6) is 0 Å². The Morgan fingerprint density at radius 1 is 0.913 bits per heavy atom. The first-order valence-electron chi connectivity index (χ1n) is 8.23. The predicted molar refractivity (Wildman–Crippen MR) is 85.7 cm³/mol. The molecule has 0 N–H and O–H groups in total. The number of hydrogen-bond acceptors (Lipinski definition) is 4. The molecule has 0 radical (unpaired) electrons. The van der Waals surface area contributed by atoms with Crippen LogP contribution in [-0.4, -0.2) is 25.1 Å². The van der Waals surface area contributed by atoms with Gasteiger partial charge in [0.25, 0.3) is 0 Å². The maximum Gasteiger partial charge on any atom is 0.165 e. The quantitative estimate of drug-likeness (QED) is 0.851. The van der Waals surface area contributed by atoms with Crippen LogP contribution in [0.25, 0.3) is 0 Å². The summed E-state index contributed by atoms with van der Waals surface area (Å²) in [5, 5.41) is 2.05. The molecule has 3 fully saturated rings. The molecule has 2 bridgehead atoms. The number of hydroxylamine groups is 1. The molecule has 3 aliphatic rings. The Balaban J connectivity index is 1.58. The highest BCUT2D eigenvalue weighted by atomic mass is 16.7. The third kappa shape index (κ3) is 2.17. The summed E-state index contributed by atoms with van der Waals surface area (Å²) in [6.45, 7) is 0.688. The lowest BCUT2D eigenvalue weighted by atomic mass is 9.85. The van der Waals surface area contributed by atoms with Gasteiger partial charge in [-0.05, 0) is 17.7 Å². The SMILES string of the molecule is c1ccc([C@@H]2[C@H]3[C@@H]4OC[C@H](C[C@H]3ON2c2ccccc2)O4)cc1. The standard InChI is InChI=1S/C19H19NO3/c1-3-7-13(8-4-1)18-17-16(11-15-12-21-19(17)22-15)23-20(18)14-9-5-2-6-10-14/h1-10,15-19H,11-12H2/t15-,16+,17-,18+,19+/m0/s1. The smallest absolute Gasteiger partial charge is 0.165 e. The van der Waals surface area contributed by atoms with Crippen LogP contribution in [0.2, 0.25) is 0 Å². The topological polar surface area (TPSA) is 30.9 Å². The molecule has 4 heteroatoms. The Morgan fingerprint density at radius 2 is 1.65 bits per heavy atom. The first-order valence-corrected chi connectivity index (χ1v) is 8.23. The maximum atomic E-state index is 6.37. The van der Waals surface area contributed by atoms with E-state index in [1.807, 2.05) is 24.3 Å². The van der Waals surface area contributed by atoms with Crippen molar-refractivity contribution in [3.63, 3.8) is 0 Å². The second-order valence-corrected chi connectivity index (χ2v) is 6.43. The minimum atomic E-state index is -0.169. The lowest BCUT2D eigenvalue weighted by Gasteiger charge is -2.31. The molecule has 0 aromatic heterocycles. The number of fused-ring (bicyclic) bond motifs is 4. The van der Waals surface area contributed by atoms with Crippen molar-refractivity contribution in [2.45, 2.75) is 31.0 Å². The third-order valence-electron chi connectivity index (χ3n) is 5.03. The van der Waals surface area contributed by atoms with Gasteiger partial charge in [0.05, 0.1) is 36.5 Å². The van der Waals surface area contributed by atoms with Crippen molar-refractivity contribution < 1.29 is 14.3 Å². The Labute approximate surface area is 135 Å². The van der Waals surface area contributed by atoms with Crippen LogP contribution in [0, 0.1) is 5.92 Å². The van der Waals surface area contributed by atoms with Crippen LogP contribution in [0.15, 0.2) is 60.7 Å². The number of para-hydroxylation sites is 1. The second-order valence-electron chi connectivity index (χ2n) is 6.43. The summed E-state index contributed by atoms with van der Waals surface area (Å²) < 4.78 is 11.9. The van der Waals surface area contributed by atoms with E-state index in [1.54, 1.807) is 0 Å². The van der Waals surface area contributed by atoms with E-state index in [1.165, 1.54) is 5.56 Å². The van der Waals surface area contributed by atoms with Gasteiger partial charge in [0.1, 0.15) is 0 Å². The average molecular weight is 309 g/mol. The molecule has 118 valence electrons. The summed E-state index contributed by atoms with van der Waals surface area (Å²) in [5.74, 6) is 0.191. The molecule has 3 heterocycles. The Kier molecular flexibility index (Phi) is 3.14. The molecule has 0 saturated carbocycles. The van der Waals surface area contributed by atoms with Gasteiger partial charge in [0, 0.05) is 6.42 Å². The van der Waals surface area contributed by atoms with Crippen molar-refractivity contribution in [2.24, 2.45) is 5.92 Å². The summed E-state index contributed by atoms with van der Waals surface area (Å²) in [4.78, 5) is 6.37. The molecular weight excluding hydrogens is 290 g/mol. The van der Waals surface area contributed by atoms with Gasteiger partial charge in [0.2, 0.25) is 0 Å². The highest BCUT2D eigenvalue weighted by Crippen LogP contribution is 2.50. The molecule has 0 spiro atoms. The number of hydrogen-bond donors (Lipinski definition) is 0. The van der Waals surface area contributed by atoms with Gasteiger partial charge in [-0.15, -0.1) is 0 Å². The number of nitrogens with zero attached hydrogens (tertiary/aromatic N) is 1.